The molecule has 1 rings (SSSR count). The molecule has 1 atom stereocenters. The number of rotatable bonds is 4. The van der Waals surface area contributed by atoms with E-state index in [1.807, 2.05) is 4.72 Å². The second-order valence-corrected chi connectivity index (χ2v) is 5.45. The van der Waals surface area contributed by atoms with Gasteiger partial charge >= 0.3 is 6.18 Å². The lowest BCUT2D eigenvalue weighted by atomic mass is 10.2. The largest absolute Gasteiger partial charge is 0.416 e. The van der Waals surface area contributed by atoms with E-state index in [9.17, 15) is 21.6 Å². The summed E-state index contributed by atoms with van der Waals surface area (Å²) in [6.07, 6.45) is -4.40. The Balaban J connectivity index is 3.13. The van der Waals surface area contributed by atoms with Crippen molar-refractivity contribution in [2.24, 2.45) is 0 Å². The first-order valence-corrected chi connectivity index (χ1v) is 6.78. The van der Waals surface area contributed by atoms with Crippen molar-refractivity contribution >= 4 is 10.0 Å². The second-order valence-electron chi connectivity index (χ2n) is 3.74. The van der Waals surface area contributed by atoms with Gasteiger partial charge in [0.05, 0.1) is 16.5 Å². The van der Waals surface area contributed by atoms with E-state index in [4.69, 9.17) is 5.26 Å². The van der Waals surface area contributed by atoms with Gasteiger partial charge in [0, 0.05) is 0 Å². The molecule has 1 aromatic rings. The van der Waals surface area contributed by atoms with Crippen LogP contribution in [0.3, 0.4) is 0 Å². The summed E-state index contributed by atoms with van der Waals surface area (Å²) in [6, 6.07) is 4.10. The lowest BCUT2D eigenvalue weighted by molar-refractivity contribution is -0.137. The summed E-state index contributed by atoms with van der Waals surface area (Å²) in [6.45, 7) is 1.59. The summed E-state index contributed by atoms with van der Waals surface area (Å²) in [5, 5.41) is 8.66. The summed E-state index contributed by atoms with van der Waals surface area (Å²) in [5.41, 5.74) is -1.06. The SMILES string of the molecule is CCC(C#N)NS(=O)(=O)c1cccc(C(F)(F)F)c1. The van der Waals surface area contributed by atoms with Crippen LogP contribution in [-0.4, -0.2) is 14.5 Å². The number of nitrogens with zero attached hydrogens (tertiary/aromatic N) is 1. The number of nitriles is 1. The summed E-state index contributed by atoms with van der Waals surface area (Å²) < 4.78 is 63.1. The molecule has 0 radical (unpaired) electrons. The second kappa shape index (κ2) is 5.59. The first-order valence-electron chi connectivity index (χ1n) is 5.30. The molecular formula is C11H11F3N2O2S. The highest BCUT2D eigenvalue weighted by Gasteiger charge is 2.31. The van der Waals surface area contributed by atoms with E-state index in [1.54, 1.807) is 13.0 Å². The zero-order valence-electron chi connectivity index (χ0n) is 9.90. The minimum absolute atomic E-state index is 0.217. The highest BCUT2D eigenvalue weighted by molar-refractivity contribution is 7.89. The average Bonchev–Trinajstić information content (AvgIpc) is 2.35. The molecule has 0 heterocycles. The quantitative estimate of drug-likeness (QED) is 0.925. The lowest BCUT2D eigenvalue weighted by Crippen LogP contribution is -2.33. The van der Waals surface area contributed by atoms with Crippen LogP contribution in [0.2, 0.25) is 0 Å². The Morgan fingerprint density at radius 1 is 1.42 bits per heavy atom. The van der Waals surface area contributed by atoms with Crippen molar-refractivity contribution in [2.45, 2.75) is 30.5 Å². The Labute approximate surface area is 108 Å². The summed E-state index contributed by atoms with van der Waals surface area (Å²) in [7, 11) is -4.14. The van der Waals surface area contributed by atoms with Gasteiger partial charge in [-0.15, -0.1) is 0 Å². The van der Waals surface area contributed by atoms with Gasteiger partial charge in [-0.25, -0.2) is 8.42 Å². The van der Waals surface area contributed by atoms with E-state index in [2.05, 4.69) is 0 Å². The van der Waals surface area contributed by atoms with Crippen LogP contribution in [0.4, 0.5) is 13.2 Å². The van der Waals surface area contributed by atoms with Crippen LogP contribution in [0.1, 0.15) is 18.9 Å². The molecule has 1 unspecified atom stereocenters. The van der Waals surface area contributed by atoms with Crippen LogP contribution in [0.5, 0.6) is 0 Å². The number of hydrogen-bond donors (Lipinski definition) is 1. The molecule has 0 aliphatic rings. The van der Waals surface area contributed by atoms with Gasteiger partial charge in [0.25, 0.3) is 0 Å². The third-order valence-electron chi connectivity index (χ3n) is 2.33. The molecule has 19 heavy (non-hydrogen) atoms. The topological polar surface area (TPSA) is 70.0 Å². The minimum Gasteiger partial charge on any atom is -0.207 e. The molecule has 104 valence electrons. The third kappa shape index (κ3) is 3.94. The van der Waals surface area contributed by atoms with E-state index >= 15 is 0 Å². The fourth-order valence-corrected chi connectivity index (χ4v) is 2.57. The van der Waals surface area contributed by atoms with Crippen LogP contribution < -0.4 is 4.72 Å². The molecule has 0 fully saturated rings. The van der Waals surface area contributed by atoms with Crippen molar-refractivity contribution in [3.63, 3.8) is 0 Å². The van der Waals surface area contributed by atoms with Crippen molar-refractivity contribution in [2.75, 3.05) is 0 Å². The molecule has 1 aromatic carbocycles. The van der Waals surface area contributed by atoms with E-state index in [-0.39, 0.29) is 6.42 Å². The van der Waals surface area contributed by atoms with Gasteiger partial charge in [0.15, 0.2) is 0 Å². The third-order valence-corrected chi connectivity index (χ3v) is 3.80. The molecule has 0 aromatic heterocycles. The van der Waals surface area contributed by atoms with E-state index in [1.165, 1.54) is 0 Å². The van der Waals surface area contributed by atoms with Gasteiger partial charge in [-0.3, -0.25) is 0 Å². The summed E-state index contributed by atoms with van der Waals surface area (Å²) in [5.74, 6) is 0. The van der Waals surface area contributed by atoms with Crippen LogP contribution in [-0.2, 0) is 16.2 Å². The zero-order chi connectivity index (χ0) is 14.7. The van der Waals surface area contributed by atoms with Gasteiger partial charge < -0.3 is 0 Å². The maximum atomic E-state index is 12.5. The van der Waals surface area contributed by atoms with Crippen molar-refractivity contribution in [1.82, 2.24) is 4.72 Å². The van der Waals surface area contributed by atoms with Crippen LogP contribution in [0, 0.1) is 11.3 Å². The molecule has 0 saturated heterocycles. The molecule has 0 aliphatic heterocycles. The standard InChI is InChI=1S/C11H11F3N2O2S/c1-2-9(7-15)16-19(17,18)10-5-3-4-8(6-10)11(12,13)14/h3-6,9,16H,2H2,1H3. The number of alkyl halides is 3. The van der Waals surface area contributed by atoms with Crippen molar-refractivity contribution in [1.29, 1.82) is 5.26 Å². The Kier molecular flexibility index (Phi) is 4.55. The molecule has 8 heteroatoms. The number of nitrogens with one attached hydrogen (secondary N) is 1. The highest BCUT2D eigenvalue weighted by atomic mass is 32.2. The first kappa shape index (κ1) is 15.5. The Morgan fingerprint density at radius 3 is 2.53 bits per heavy atom. The minimum atomic E-state index is -4.62. The van der Waals surface area contributed by atoms with Crippen LogP contribution >= 0.6 is 0 Å². The molecule has 0 amide bonds. The van der Waals surface area contributed by atoms with E-state index in [0.29, 0.717) is 6.07 Å². The number of benzene rings is 1. The Hall–Kier alpha value is -1.59. The Morgan fingerprint density at radius 2 is 2.05 bits per heavy atom. The highest BCUT2D eigenvalue weighted by Crippen LogP contribution is 2.30. The molecule has 0 spiro atoms. The average molecular weight is 292 g/mol. The maximum absolute atomic E-state index is 12.5. The zero-order valence-corrected chi connectivity index (χ0v) is 10.7. The van der Waals surface area contributed by atoms with E-state index < -0.39 is 32.7 Å². The molecular weight excluding hydrogens is 281 g/mol. The van der Waals surface area contributed by atoms with Gasteiger partial charge in [0.2, 0.25) is 10.0 Å². The smallest absolute Gasteiger partial charge is 0.207 e. The predicted molar refractivity (Wildman–Crippen MR) is 61.5 cm³/mol. The number of sulfonamides is 1. The normalized spacial score (nSPS) is 13.8. The van der Waals surface area contributed by atoms with Crippen LogP contribution in [0.15, 0.2) is 29.2 Å². The molecule has 0 aliphatic carbocycles. The molecule has 4 nitrogen and oxygen atoms in total. The first-order chi connectivity index (χ1) is 8.70. The Bertz CT molecular complexity index is 591. The molecule has 0 bridgehead atoms. The van der Waals surface area contributed by atoms with Gasteiger partial charge in [0.1, 0.15) is 6.04 Å². The van der Waals surface area contributed by atoms with Gasteiger partial charge in [-0.2, -0.15) is 23.2 Å². The van der Waals surface area contributed by atoms with Crippen LogP contribution in [0.25, 0.3) is 0 Å². The molecule has 1 N–H and O–H groups in total. The summed E-state index contributed by atoms with van der Waals surface area (Å²) in [4.78, 5) is -0.518. The van der Waals surface area contributed by atoms with E-state index in [0.717, 1.165) is 18.2 Å². The predicted octanol–water partition coefficient (Wildman–Crippen LogP) is 2.29. The van der Waals surface area contributed by atoms with Gasteiger partial charge in [-0.1, -0.05) is 13.0 Å². The monoisotopic (exact) mass is 292 g/mol. The lowest BCUT2D eigenvalue weighted by Gasteiger charge is -2.12. The number of halogens is 3. The number of hydrogen-bond acceptors (Lipinski definition) is 3. The fraction of sp³-hybridized carbons (Fsp3) is 0.364. The van der Waals surface area contributed by atoms with Crippen molar-refractivity contribution in [3.8, 4) is 6.07 Å². The fourth-order valence-electron chi connectivity index (χ4n) is 1.30. The van der Waals surface area contributed by atoms with Crippen molar-refractivity contribution < 1.29 is 21.6 Å². The maximum Gasteiger partial charge on any atom is 0.416 e. The summed E-state index contributed by atoms with van der Waals surface area (Å²) >= 11 is 0. The van der Waals surface area contributed by atoms with Crippen molar-refractivity contribution in [3.05, 3.63) is 29.8 Å². The van der Waals surface area contributed by atoms with Gasteiger partial charge in [-0.05, 0) is 24.6 Å². The molecule has 0 saturated carbocycles.